The molecule has 170 valence electrons. The summed E-state index contributed by atoms with van der Waals surface area (Å²) in [7, 11) is -3.81. The fourth-order valence-corrected chi connectivity index (χ4v) is 5.35. The number of hydrogen-bond donors (Lipinski definition) is 0. The molecule has 0 aromatic heterocycles. The molecule has 0 spiro atoms. The molecule has 2 amide bonds. The molecular formula is C21H28N2O7S. The number of likely N-dealkylation sites (tertiary alicyclic amines) is 1. The van der Waals surface area contributed by atoms with Crippen molar-refractivity contribution >= 4 is 28.0 Å². The number of nitrogens with zero attached hydrogens (tertiary/aromatic N) is 2. The molecule has 0 bridgehead atoms. The van der Waals surface area contributed by atoms with Gasteiger partial charge in [0.25, 0.3) is 5.91 Å². The van der Waals surface area contributed by atoms with Gasteiger partial charge in [-0.1, -0.05) is 30.3 Å². The Bertz CT molecular complexity index is 940. The lowest BCUT2D eigenvalue weighted by atomic mass is 10.1. The van der Waals surface area contributed by atoms with Gasteiger partial charge in [-0.05, 0) is 39.2 Å². The van der Waals surface area contributed by atoms with E-state index >= 15 is 0 Å². The van der Waals surface area contributed by atoms with Crippen LogP contribution in [0, 0.1) is 0 Å². The fraction of sp³-hybridized carbons (Fsp3) is 0.571. The minimum atomic E-state index is -3.81. The van der Waals surface area contributed by atoms with Crippen molar-refractivity contribution in [2.45, 2.75) is 64.3 Å². The third-order valence-corrected chi connectivity index (χ3v) is 6.95. The molecule has 2 atom stereocenters. The molecule has 2 saturated heterocycles. The molecule has 2 aliphatic heterocycles. The van der Waals surface area contributed by atoms with Gasteiger partial charge in [-0.15, -0.1) is 0 Å². The number of carbonyl (C=O) groups is 3. The smallest absolute Gasteiger partial charge is 0.410 e. The van der Waals surface area contributed by atoms with Gasteiger partial charge in [0.1, 0.15) is 18.2 Å². The van der Waals surface area contributed by atoms with Gasteiger partial charge in [-0.25, -0.2) is 17.5 Å². The van der Waals surface area contributed by atoms with Crippen molar-refractivity contribution in [1.82, 2.24) is 9.21 Å². The van der Waals surface area contributed by atoms with Gasteiger partial charge < -0.3 is 9.47 Å². The van der Waals surface area contributed by atoms with Crippen molar-refractivity contribution in [2.24, 2.45) is 0 Å². The maximum Gasteiger partial charge on any atom is 0.410 e. The summed E-state index contributed by atoms with van der Waals surface area (Å²) in [6.07, 6.45) is 0.0274. The van der Waals surface area contributed by atoms with E-state index < -0.39 is 45.7 Å². The minimum Gasteiger partial charge on any atom is -0.461 e. The van der Waals surface area contributed by atoms with E-state index in [0.717, 1.165) is 9.87 Å². The second-order valence-corrected chi connectivity index (χ2v) is 10.6. The summed E-state index contributed by atoms with van der Waals surface area (Å²) in [6.45, 7) is 5.53. The number of esters is 1. The molecule has 10 heteroatoms. The Morgan fingerprint density at radius 2 is 1.81 bits per heavy atom. The molecule has 0 aliphatic carbocycles. The van der Waals surface area contributed by atoms with Crippen LogP contribution in [0.3, 0.4) is 0 Å². The van der Waals surface area contributed by atoms with Crippen molar-refractivity contribution in [2.75, 3.05) is 12.3 Å². The first-order valence-electron chi connectivity index (χ1n) is 10.2. The molecule has 0 N–H and O–H groups in total. The Labute approximate surface area is 182 Å². The van der Waals surface area contributed by atoms with E-state index in [1.54, 1.807) is 20.8 Å². The highest BCUT2D eigenvalue weighted by Crippen LogP contribution is 2.30. The molecular weight excluding hydrogens is 424 g/mol. The van der Waals surface area contributed by atoms with Crippen LogP contribution in [0.5, 0.6) is 0 Å². The van der Waals surface area contributed by atoms with Crippen LogP contribution < -0.4 is 0 Å². The van der Waals surface area contributed by atoms with E-state index in [2.05, 4.69) is 0 Å². The van der Waals surface area contributed by atoms with Crippen molar-refractivity contribution in [3.63, 3.8) is 0 Å². The Morgan fingerprint density at radius 1 is 1.13 bits per heavy atom. The largest absolute Gasteiger partial charge is 0.461 e. The number of rotatable bonds is 5. The lowest BCUT2D eigenvalue weighted by Crippen LogP contribution is -2.63. The third kappa shape index (κ3) is 5.55. The van der Waals surface area contributed by atoms with Crippen LogP contribution in [0.1, 0.15) is 45.6 Å². The highest BCUT2D eigenvalue weighted by molar-refractivity contribution is 7.91. The molecule has 0 radical (unpaired) electrons. The number of amides is 2. The van der Waals surface area contributed by atoms with E-state index in [1.807, 2.05) is 30.3 Å². The highest BCUT2D eigenvalue weighted by atomic mass is 32.2. The van der Waals surface area contributed by atoms with E-state index in [1.165, 1.54) is 4.90 Å². The number of carbonyl (C=O) groups excluding carboxylic acids is 3. The predicted octanol–water partition coefficient (Wildman–Crippen LogP) is 2.06. The lowest BCUT2D eigenvalue weighted by molar-refractivity contribution is -0.147. The van der Waals surface area contributed by atoms with Crippen LogP contribution in [0.4, 0.5) is 4.79 Å². The first-order chi connectivity index (χ1) is 14.5. The summed E-state index contributed by atoms with van der Waals surface area (Å²) in [5, 5.41) is 0. The summed E-state index contributed by atoms with van der Waals surface area (Å²) in [5.41, 5.74) is 0.0743. The third-order valence-electron chi connectivity index (χ3n) is 5.06. The number of ether oxygens (including phenoxy) is 2. The van der Waals surface area contributed by atoms with E-state index in [-0.39, 0.29) is 18.8 Å². The highest BCUT2D eigenvalue weighted by Gasteiger charge is 2.51. The number of sulfonamides is 1. The standard InChI is InChI=1S/C21H28N2O7S/c1-21(2,3)30-20(26)22-11-7-10-17(22)19(25)23-16(14-31(23,27)28)12-18(24)29-13-15-8-5-4-6-9-15/h4-6,8-9,16-17H,7,10-14H2,1-3H3/t16?,17-/m0/s1. The summed E-state index contributed by atoms with van der Waals surface area (Å²) in [4.78, 5) is 39.0. The normalized spacial score (nSPS) is 22.5. The number of benzene rings is 1. The molecule has 1 aromatic rings. The molecule has 2 aliphatic rings. The minimum absolute atomic E-state index is 0.0716. The van der Waals surface area contributed by atoms with Crippen LogP contribution in [0.25, 0.3) is 0 Å². The fourth-order valence-electron chi connectivity index (χ4n) is 3.69. The summed E-state index contributed by atoms with van der Waals surface area (Å²) < 4.78 is 35.9. The molecule has 9 nitrogen and oxygen atoms in total. The molecule has 0 saturated carbocycles. The van der Waals surface area contributed by atoms with Gasteiger partial charge in [0.15, 0.2) is 0 Å². The predicted molar refractivity (Wildman–Crippen MR) is 111 cm³/mol. The Hall–Kier alpha value is -2.62. The first kappa shape index (κ1) is 23.1. The summed E-state index contributed by atoms with van der Waals surface area (Å²) in [5.74, 6) is -1.59. The van der Waals surface area contributed by atoms with Gasteiger partial charge in [0.05, 0.1) is 18.2 Å². The van der Waals surface area contributed by atoms with Crippen LogP contribution in [0.15, 0.2) is 30.3 Å². The number of hydrogen-bond acceptors (Lipinski definition) is 7. The van der Waals surface area contributed by atoms with E-state index in [9.17, 15) is 22.8 Å². The molecule has 3 rings (SSSR count). The van der Waals surface area contributed by atoms with Gasteiger partial charge in [0.2, 0.25) is 10.0 Å². The maximum absolute atomic E-state index is 13.0. The lowest BCUT2D eigenvalue weighted by Gasteiger charge is -2.41. The molecule has 1 unspecified atom stereocenters. The zero-order chi connectivity index (χ0) is 22.8. The van der Waals surface area contributed by atoms with Crippen molar-refractivity contribution < 1.29 is 32.3 Å². The average molecular weight is 453 g/mol. The van der Waals surface area contributed by atoms with Crippen LogP contribution in [-0.4, -0.2) is 65.6 Å². The quantitative estimate of drug-likeness (QED) is 0.629. The average Bonchev–Trinajstić information content (AvgIpc) is 3.15. The summed E-state index contributed by atoms with van der Waals surface area (Å²) in [6, 6.07) is 7.37. The van der Waals surface area contributed by atoms with Crippen LogP contribution >= 0.6 is 0 Å². The molecule has 31 heavy (non-hydrogen) atoms. The molecule has 2 fully saturated rings. The molecule has 2 heterocycles. The van der Waals surface area contributed by atoms with E-state index in [0.29, 0.717) is 19.4 Å². The topological polar surface area (TPSA) is 110 Å². The van der Waals surface area contributed by atoms with Crippen LogP contribution in [0.2, 0.25) is 0 Å². The zero-order valence-corrected chi connectivity index (χ0v) is 18.8. The monoisotopic (exact) mass is 452 g/mol. The maximum atomic E-state index is 13.0. The van der Waals surface area contributed by atoms with Gasteiger partial charge in [0, 0.05) is 6.54 Å². The summed E-state index contributed by atoms with van der Waals surface area (Å²) >= 11 is 0. The Kier molecular flexibility index (Phi) is 6.59. The van der Waals surface area contributed by atoms with Gasteiger partial charge in [-0.2, -0.15) is 0 Å². The first-order valence-corrected chi connectivity index (χ1v) is 11.8. The van der Waals surface area contributed by atoms with Crippen molar-refractivity contribution in [1.29, 1.82) is 0 Å². The van der Waals surface area contributed by atoms with Crippen LogP contribution in [-0.2, 0) is 35.7 Å². The van der Waals surface area contributed by atoms with E-state index in [4.69, 9.17) is 9.47 Å². The zero-order valence-electron chi connectivity index (χ0n) is 17.9. The second-order valence-electron chi connectivity index (χ2n) is 8.75. The van der Waals surface area contributed by atoms with Crippen molar-refractivity contribution in [3.8, 4) is 0 Å². The Morgan fingerprint density at radius 3 is 2.42 bits per heavy atom. The van der Waals surface area contributed by atoms with Gasteiger partial charge >= 0.3 is 12.1 Å². The SMILES string of the molecule is CC(C)(C)OC(=O)N1CCC[C@H]1C(=O)N1C(CC(=O)OCc2ccccc2)CS1(=O)=O. The molecule has 1 aromatic carbocycles. The Balaban J connectivity index is 1.63. The van der Waals surface area contributed by atoms with Gasteiger partial charge in [-0.3, -0.25) is 14.5 Å². The second kappa shape index (κ2) is 8.86. The van der Waals surface area contributed by atoms with Crippen molar-refractivity contribution in [3.05, 3.63) is 35.9 Å².